The Kier molecular flexibility index (Phi) is 8.22. The van der Waals surface area contributed by atoms with E-state index in [4.69, 9.17) is 24.9 Å². The molecule has 1 saturated carbocycles. The zero-order valence-electron chi connectivity index (χ0n) is 20.4. The molecule has 1 aliphatic carbocycles. The van der Waals surface area contributed by atoms with Crippen molar-refractivity contribution in [3.05, 3.63) is 63.4 Å². The van der Waals surface area contributed by atoms with E-state index in [0.717, 1.165) is 36.1 Å². The highest BCUT2D eigenvalue weighted by atomic mass is 31.2. The molecule has 2 heterocycles. The van der Waals surface area contributed by atoms with E-state index in [0.29, 0.717) is 0 Å². The van der Waals surface area contributed by atoms with E-state index in [2.05, 4.69) is 5.09 Å². The van der Waals surface area contributed by atoms with Gasteiger partial charge >= 0.3 is 19.4 Å². The summed E-state index contributed by atoms with van der Waals surface area (Å²) in [5.74, 6) is 1.53. The molecule has 1 aliphatic heterocycles. The Labute approximate surface area is 217 Å². The topological polar surface area (TPSA) is 178 Å². The Balaban J connectivity index is 1.52. The van der Waals surface area contributed by atoms with E-state index in [1.807, 2.05) is 10.9 Å². The first-order valence-electron chi connectivity index (χ1n) is 11.9. The Morgan fingerprint density at radius 2 is 2.05 bits per heavy atom. The number of terminal acetylenes is 1. The number of rotatable bonds is 10. The molecule has 4 rings (SSSR count). The maximum absolute atomic E-state index is 13.7. The van der Waals surface area contributed by atoms with Crippen LogP contribution < -0.4 is 20.9 Å². The lowest BCUT2D eigenvalue weighted by Crippen LogP contribution is -2.48. The molecule has 2 unspecified atom stereocenters. The number of aliphatic hydroxyl groups excluding tert-OH is 1. The molecule has 4 N–H and O–H groups in total. The molecule has 14 heteroatoms. The van der Waals surface area contributed by atoms with Crippen molar-refractivity contribution in [3.8, 4) is 18.1 Å². The van der Waals surface area contributed by atoms with Crippen LogP contribution >= 0.6 is 7.75 Å². The summed E-state index contributed by atoms with van der Waals surface area (Å²) in [4.78, 5) is 38.2. The quantitative estimate of drug-likeness (QED) is 0.184. The number of esters is 1. The number of benzene rings is 1. The average molecular weight is 549 g/mol. The number of ether oxygens (including phenoxy) is 2. The third-order valence-corrected chi connectivity index (χ3v) is 7.88. The number of para-hydroxylation sites is 1. The van der Waals surface area contributed by atoms with Gasteiger partial charge in [0.05, 0.1) is 6.61 Å². The summed E-state index contributed by atoms with van der Waals surface area (Å²) in [6, 6.07) is 7.95. The van der Waals surface area contributed by atoms with Crippen molar-refractivity contribution in [1.82, 2.24) is 14.6 Å². The average Bonchev–Trinajstić information content (AvgIpc) is 3.11. The fourth-order valence-electron chi connectivity index (χ4n) is 3.88. The van der Waals surface area contributed by atoms with Crippen molar-refractivity contribution in [2.75, 3.05) is 6.61 Å². The number of carbonyl (C=O) groups excluding carboxylic acids is 1. The van der Waals surface area contributed by atoms with Gasteiger partial charge in [0.2, 0.25) is 0 Å². The predicted octanol–water partition coefficient (Wildman–Crippen LogP) is 0.437. The van der Waals surface area contributed by atoms with Gasteiger partial charge in [-0.25, -0.2) is 9.36 Å². The molecule has 1 aromatic heterocycles. The van der Waals surface area contributed by atoms with E-state index in [-0.39, 0.29) is 11.9 Å². The number of nitrogens with zero attached hydrogens (tertiary/aromatic N) is 1. The van der Waals surface area contributed by atoms with Crippen LogP contribution in [0, 0.1) is 12.3 Å². The number of hydrogen-bond acceptors (Lipinski definition) is 10. The molecular formula is C24H28N3O10P. The molecule has 2 aromatic rings. The van der Waals surface area contributed by atoms with E-state index in [1.165, 1.54) is 19.1 Å². The lowest BCUT2D eigenvalue weighted by molar-refractivity contribution is -0.154. The summed E-state index contributed by atoms with van der Waals surface area (Å²) >= 11 is 0. The van der Waals surface area contributed by atoms with Crippen molar-refractivity contribution < 1.29 is 38.1 Å². The van der Waals surface area contributed by atoms with Gasteiger partial charge in [-0.2, -0.15) is 5.09 Å². The highest BCUT2D eigenvalue weighted by Crippen LogP contribution is 2.47. The maximum Gasteiger partial charge on any atom is 0.459 e. The van der Waals surface area contributed by atoms with Gasteiger partial charge in [-0.15, -0.1) is 6.42 Å². The summed E-state index contributed by atoms with van der Waals surface area (Å²) in [6.07, 6.45) is 3.96. The van der Waals surface area contributed by atoms with Crippen molar-refractivity contribution in [2.24, 2.45) is 0 Å². The van der Waals surface area contributed by atoms with Crippen LogP contribution in [-0.4, -0.2) is 62.3 Å². The summed E-state index contributed by atoms with van der Waals surface area (Å²) in [6.45, 7) is 0.795. The second kappa shape index (κ2) is 11.2. The standard InChI is InChI=1S/C24H28N3O10P/c1-3-24(32)20(29)18(36-22(24)27-13-12-19(28)25-23(27)31)14-34-38(33,37-17-8-5-4-6-9-17)26-15(2)21(30)35-16-10-7-11-16/h1,4-6,8-9,12-13,15-16,18,20,22,29,32H,7,10-11,14H2,2H3,(H,26,33)(H,25,28,31)/t15?,18-,20-,22-,24-,38?/m1/s1. The van der Waals surface area contributed by atoms with Crippen LogP contribution in [0.5, 0.6) is 5.75 Å². The minimum absolute atomic E-state index is 0.161. The number of hydrogen-bond donors (Lipinski definition) is 4. The third kappa shape index (κ3) is 5.91. The first kappa shape index (κ1) is 27.8. The number of aromatic nitrogens is 2. The van der Waals surface area contributed by atoms with Crippen LogP contribution in [0.4, 0.5) is 0 Å². The molecular weight excluding hydrogens is 521 g/mol. The molecule has 1 aromatic carbocycles. The molecule has 2 aliphatic rings. The number of nitrogens with one attached hydrogen (secondary N) is 2. The molecule has 0 bridgehead atoms. The second-order valence-corrected chi connectivity index (χ2v) is 10.7. The van der Waals surface area contributed by atoms with E-state index < -0.39 is 61.7 Å². The third-order valence-electron chi connectivity index (χ3n) is 6.24. The van der Waals surface area contributed by atoms with Crippen molar-refractivity contribution in [2.45, 2.75) is 62.4 Å². The van der Waals surface area contributed by atoms with E-state index >= 15 is 0 Å². The molecule has 0 spiro atoms. The Hall–Kier alpha value is -3.24. The van der Waals surface area contributed by atoms with Gasteiger partial charge in [-0.3, -0.25) is 23.7 Å². The minimum Gasteiger partial charge on any atom is -0.461 e. The Morgan fingerprint density at radius 1 is 1.34 bits per heavy atom. The second-order valence-electron chi connectivity index (χ2n) is 9.00. The fraction of sp³-hybridized carbons (Fsp3) is 0.458. The fourth-order valence-corrected chi connectivity index (χ4v) is 5.38. The molecule has 13 nitrogen and oxygen atoms in total. The first-order chi connectivity index (χ1) is 18.0. The van der Waals surface area contributed by atoms with Crippen LogP contribution in [0.3, 0.4) is 0 Å². The zero-order valence-corrected chi connectivity index (χ0v) is 21.3. The Bertz CT molecular complexity index is 1350. The number of aliphatic hydroxyl groups is 2. The van der Waals surface area contributed by atoms with Crippen molar-refractivity contribution >= 4 is 13.7 Å². The molecule has 6 atom stereocenters. The molecule has 204 valence electrons. The molecule has 1 saturated heterocycles. The maximum atomic E-state index is 13.7. The van der Waals surface area contributed by atoms with Crippen LogP contribution in [0.25, 0.3) is 0 Å². The molecule has 38 heavy (non-hydrogen) atoms. The highest BCUT2D eigenvalue weighted by Gasteiger charge is 2.56. The van der Waals surface area contributed by atoms with Crippen molar-refractivity contribution in [3.63, 3.8) is 0 Å². The summed E-state index contributed by atoms with van der Waals surface area (Å²) < 4.78 is 36.6. The normalized spacial score (nSPS) is 27.5. The summed E-state index contributed by atoms with van der Waals surface area (Å²) in [5.41, 5.74) is -4.04. The van der Waals surface area contributed by atoms with Gasteiger partial charge in [0.15, 0.2) is 11.8 Å². The minimum atomic E-state index is -4.31. The van der Waals surface area contributed by atoms with Gasteiger partial charge in [-0.1, -0.05) is 24.1 Å². The monoisotopic (exact) mass is 549 g/mol. The summed E-state index contributed by atoms with van der Waals surface area (Å²) in [7, 11) is -4.31. The van der Waals surface area contributed by atoms with Gasteiger partial charge in [0.1, 0.15) is 30.1 Å². The van der Waals surface area contributed by atoms with Crippen LogP contribution in [0.15, 0.2) is 52.2 Å². The Morgan fingerprint density at radius 3 is 2.66 bits per heavy atom. The molecule has 0 radical (unpaired) electrons. The van der Waals surface area contributed by atoms with Crippen molar-refractivity contribution in [1.29, 1.82) is 0 Å². The number of aromatic amines is 1. The van der Waals surface area contributed by atoms with Crippen LogP contribution in [-0.2, 0) is 23.4 Å². The predicted molar refractivity (Wildman–Crippen MR) is 132 cm³/mol. The van der Waals surface area contributed by atoms with Gasteiger partial charge < -0.3 is 24.2 Å². The zero-order chi connectivity index (χ0) is 27.5. The number of carbonyl (C=O) groups is 1. The van der Waals surface area contributed by atoms with E-state index in [1.54, 1.807) is 18.2 Å². The molecule has 0 amide bonds. The van der Waals surface area contributed by atoms with Gasteiger partial charge in [-0.05, 0) is 38.3 Å². The van der Waals surface area contributed by atoms with Gasteiger partial charge in [0.25, 0.3) is 5.56 Å². The van der Waals surface area contributed by atoms with Gasteiger partial charge in [0, 0.05) is 12.3 Å². The van der Waals surface area contributed by atoms with Crippen LogP contribution in [0.1, 0.15) is 32.4 Å². The largest absolute Gasteiger partial charge is 0.461 e. The SMILES string of the molecule is C#C[C@@]1(O)[C@H](O)[C@@H](COP(=O)(NC(C)C(=O)OC2CCC2)Oc2ccccc2)O[C@H]1n1ccc(=O)[nH]c1=O. The number of H-pyrrole nitrogens is 1. The lowest BCUT2D eigenvalue weighted by Gasteiger charge is -2.28. The first-order valence-corrected chi connectivity index (χ1v) is 13.4. The lowest BCUT2D eigenvalue weighted by atomic mass is 9.95. The smallest absolute Gasteiger partial charge is 0.459 e. The molecule has 2 fully saturated rings. The van der Waals surface area contributed by atoms with E-state index in [9.17, 15) is 29.2 Å². The van der Waals surface area contributed by atoms with Crippen LogP contribution in [0.2, 0.25) is 0 Å². The summed E-state index contributed by atoms with van der Waals surface area (Å²) in [5, 5.41) is 24.2. The highest BCUT2D eigenvalue weighted by molar-refractivity contribution is 7.52.